The van der Waals surface area contributed by atoms with Gasteiger partial charge in [0.05, 0.1) is 12.5 Å². The van der Waals surface area contributed by atoms with Crippen molar-refractivity contribution in [2.45, 2.75) is 43.6 Å². The van der Waals surface area contributed by atoms with Crippen molar-refractivity contribution in [3.8, 4) is 5.75 Å². The van der Waals surface area contributed by atoms with E-state index in [0.717, 1.165) is 50.2 Å². The van der Waals surface area contributed by atoms with Crippen LogP contribution in [0.2, 0.25) is 0 Å². The number of piperidine rings is 3. The lowest BCUT2D eigenvalue weighted by atomic mass is 9.64. The number of benzene rings is 1. The molecule has 1 aromatic carbocycles. The van der Waals surface area contributed by atoms with Crippen LogP contribution in [0.5, 0.6) is 5.75 Å². The highest BCUT2D eigenvalue weighted by Crippen LogP contribution is 2.48. The molecule has 0 spiro atoms. The van der Waals surface area contributed by atoms with Gasteiger partial charge in [0.25, 0.3) is 0 Å². The number of fused-ring (bicyclic) bond motifs is 3. The normalized spacial score (nSPS) is 30.0. The molecule has 0 radical (unpaired) electrons. The highest BCUT2D eigenvalue weighted by atomic mass is 35.5. The maximum absolute atomic E-state index is 13.1. The predicted molar refractivity (Wildman–Crippen MR) is 94.8 cm³/mol. The molecule has 132 valence electrons. The SMILES string of the molecule is COc1ccccc1C1(C(=O)OC2CN3CCC2CC3)CCC1.Cl. The molecular formula is C19H26ClNO3. The zero-order chi connectivity index (χ0) is 15.9. The summed E-state index contributed by atoms with van der Waals surface area (Å²) in [6.45, 7) is 3.24. The second-order valence-corrected chi connectivity index (χ2v) is 7.22. The van der Waals surface area contributed by atoms with Gasteiger partial charge in [-0.1, -0.05) is 24.6 Å². The molecule has 24 heavy (non-hydrogen) atoms. The lowest BCUT2D eigenvalue weighted by molar-refractivity contribution is -0.169. The number of nitrogens with zero attached hydrogens (tertiary/aromatic N) is 1. The summed E-state index contributed by atoms with van der Waals surface area (Å²) in [5.74, 6) is 1.32. The Morgan fingerprint density at radius 2 is 1.92 bits per heavy atom. The Hall–Kier alpha value is -1.26. The summed E-state index contributed by atoms with van der Waals surface area (Å²) >= 11 is 0. The van der Waals surface area contributed by atoms with Crippen molar-refractivity contribution in [2.24, 2.45) is 5.92 Å². The summed E-state index contributed by atoms with van der Waals surface area (Å²) in [5, 5.41) is 0. The standard InChI is InChI=1S/C19H25NO3.ClH/c1-22-16-6-3-2-5-15(16)19(9-4-10-19)18(21)23-17-13-20-11-7-14(17)8-12-20;/h2-3,5-6,14,17H,4,7-13H2,1H3;1H. The molecule has 3 saturated heterocycles. The fourth-order valence-corrected chi connectivity index (χ4v) is 4.45. The zero-order valence-corrected chi connectivity index (χ0v) is 15.0. The van der Waals surface area contributed by atoms with E-state index in [9.17, 15) is 4.79 Å². The van der Waals surface area contributed by atoms with Crippen molar-refractivity contribution in [3.05, 3.63) is 29.8 Å². The third-order valence-corrected chi connectivity index (χ3v) is 6.07. The molecule has 5 heteroatoms. The van der Waals surface area contributed by atoms with Crippen LogP contribution in [0.1, 0.15) is 37.7 Å². The van der Waals surface area contributed by atoms with E-state index in [2.05, 4.69) is 4.90 Å². The Kier molecular flexibility index (Phi) is 5.07. The fraction of sp³-hybridized carbons (Fsp3) is 0.632. The number of methoxy groups -OCH3 is 1. The first-order chi connectivity index (χ1) is 11.2. The van der Waals surface area contributed by atoms with Crippen LogP contribution in [0.3, 0.4) is 0 Å². The van der Waals surface area contributed by atoms with Gasteiger partial charge in [0.2, 0.25) is 0 Å². The molecule has 0 aromatic heterocycles. The van der Waals surface area contributed by atoms with Crippen LogP contribution in [0.4, 0.5) is 0 Å². The first kappa shape index (κ1) is 17.6. The van der Waals surface area contributed by atoms with Gasteiger partial charge in [-0.05, 0) is 50.8 Å². The predicted octanol–water partition coefficient (Wildman–Crippen LogP) is 3.18. The highest BCUT2D eigenvalue weighted by Gasteiger charge is 2.50. The Morgan fingerprint density at radius 1 is 1.21 bits per heavy atom. The summed E-state index contributed by atoms with van der Waals surface area (Å²) in [6.07, 6.45) is 5.23. The molecule has 1 atom stereocenters. The molecule has 2 bridgehead atoms. The fourth-order valence-electron chi connectivity index (χ4n) is 4.45. The number of ether oxygens (including phenoxy) is 2. The number of hydrogen-bond donors (Lipinski definition) is 0. The summed E-state index contributed by atoms with van der Waals surface area (Å²) in [6, 6.07) is 7.90. The van der Waals surface area contributed by atoms with Crippen LogP contribution < -0.4 is 4.74 Å². The van der Waals surface area contributed by atoms with Gasteiger partial charge in [-0.2, -0.15) is 0 Å². The summed E-state index contributed by atoms with van der Waals surface area (Å²) in [7, 11) is 1.67. The van der Waals surface area contributed by atoms with E-state index in [1.54, 1.807) is 7.11 Å². The van der Waals surface area contributed by atoms with E-state index >= 15 is 0 Å². The van der Waals surface area contributed by atoms with Gasteiger partial charge >= 0.3 is 5.97 Å². The molecule has 3 aliphatic heterocycles. The summed E-state index contributed by atoms with van der Waals surface area (Å²) in [4.78, 5) is 15.5. The largest absolute Gasteiger partial charge is 0.496 e. The summed E-state index contributed by atoms with van der Waals surface area (Å²) < 4.78 is 11.6. The number of esters is 1. The molecule has 3 heterocycles. The van der Waals surface area contributed by atoms with E-state index in [4.69, 9.17) is 9.47 Å². The molecule has 5 rings (SSSR count). The second-order valence-electron chi connectivity index (χ2n) is 7.22. The van der Waals surface area contributed by atoms with Gasteiger partial charge in [0, 0.05) is 12.1 Å². The molecule has 1 unspecified atom stereocenters. The first-order valence-electron chi connectivity index (χ1n) is 8.80. The van der Waals surface area contributed by atoms with Crippen molar-refractivity contribution in [3.63, 3.8) is 0 Å². The van der Waals surface area contributed by atoms with Crippen LogP contribution in [0.25, 0.3) is 0 Å². The van der Waals surface area contributed by atoms with Gasteiger partial charge in [0.1, 0.15) is 11.9 Å². The molecular weight excluding hydrogens is 326 g/mol. The second kappa shape index (κ2) is 6.93. The third kappa shape index (κ3) is 2.80. The van der Waals surface area contributed by atoms with Crippen LogP contribution in [-0.4, -0.2) is 43.7 Å². The molecule has 4 fully saturated rings. The molecule has 1 aliphatic carbocycles. The number of carbonyl (C=O) groups excluding carboxylic acids is 1. The van der Waals surface area contributed by atoms with E-state index in [1.165, 1.54) is 12.8 Å². The molecule has 4 aliphatic rings. The Balaban J connectivity index is 0.00000169. The first-order valence-corrected chi connectivity index (χ1v) is 8.80. The van der Waals surface area contributed by atoms with E-state index in [0.29, 0.717) is 5.92 Å². The van der Waals surface area contributed by atoms with Crippen molar-refractivity contribution >= 4 is 18.4 Å². The lowest BCUT2D eigenvalue weighted by Gasteiger charge is -2.46. The molecule has 1 aromatic rings. The third-order valence-electron chi connectivity index (χ3n) is 6.07. The molecule has 1 saturated carbocycles. The summed E-state index contributed by atoms with van der Waals surface area (Å²) in [5.41, 5.74) is 0.513. The topological polar surface area (TPSA) is 38.8 Å². The van der Waals surface area contributed by atoms with Crippen LogP contribution in [0, 0.1) is 5.92 Å². The Bertz CT molecular complexity index is 594. The highest BCUT2D eigenvalue weighted by molar-refractivity contribution is 5.86. The van der Waals surface area contributed by atoms with Crippen molar-refractivity contribution in [1.82, 2.24) is 4.90 Å². The zero-order valence-electron chi connectivity index (χ0n) is 14.2. The smallest absolute Gasteiger partial charge is 0.317 e. The van der Waals surface area contributed by atoms with Crippen molar-refractivity contribution in [2.75, 3.05) is 26.7 Å². The minimum Gasteiger partial charge on any atom is -0.496 e. The quantitative estimate of drug-likeness (QED) is 0.781. The van der Waals surface area contributed by atoms with Crippen LogP contribution >= 0.6 is 12.4 Å². The minimum atomic E-state index is -0.487. The van der Waals surface area contributed by atoms with Gasteiger partial charge < -0.3 is 9.47 Å². The Morgan fingerprint density at radius 3 is 2.46 bits per heavy atom. The number of rotatable bonds is 4. The van der Waals surface area contributed by atoms with Gasteiger partial charge in [-0.3, -0.25) is 9.69 Å². The average Bonchev–Trinajstić information content (AvgIpc) is 2.55. The van der Waals surface area contributed by atoms with Crippen molar-refractivity contribution < 1.29 is 14.3 Å². The average molecular weight is 352 g/mol. The number of hydrogen-bond acceptors (Lipinski definition) is 4. The lowest BCUT2D eigenvalue weighted by Crippen LogP contribution is -2.54. The number of halogens is 1. The minimum absolute atomic E-state index is 0. The number of para-hydroxylation sites is 1. The monoisotopic (exact) mass is 351 g/mol. The molecule has 0 N–H and O–H groups in total. The van der Waals surface area contributed by atoms with E-state index in [-0.39, 0.29) is 24.5 Å². The van der Waals surface area contributed by atoms with Gasteiger partial charge in [-0.15, -0.1) is 12.4 Å². The van der Waals surface area contributed by atoms with E-state index in [1.807, 2.05) is 24.3 Å². The van der Waals surface area contributed by atoms with E-state index < -0.39 is 5.41 Å². The Labute approximate surface area is 149 Å². The van der Waals surface area contributed by atoms with Crippen molar-refractivity contribution in [1.29, 1.82) is 0 Å². The van der Waals surface area contributed by atoms with Gasteiger partial charge in [-0.25, -0.2) is 0 Å². The van der Waals surface area contributed by atoms with Crippen LogP contribution in [-0.2, 0) is 14.9 Å². The van der Waals surface area contributed by atoms with Gasteiger partial charge in [0.15, 0.2) is 0 Å². The molecule has 0 amide bonds. The van der Waals surface area contributed by atoms with Crippen LogP contribution in [0.15, 0.2) is 24.3 Å². The maximum atomic E-state index is 13.1. The number of carbonyl (C=O) groups is 1. The molecule has 4 nitrogen and oxygen atoms in total. The maximum Gasteiger partial charge on any atom is 0.317 e.